The van der Waals surface area contributed by atoms with E-state index < -0.39 is 51.8 Å². The second kappa shape index (κ2) is 6.47. The molecule has 1 aromatic rings. The van der Waals surface area contributed by atoms with Gasteiger partial charge in [0.05, 0.1) is 12.1 Å². The Morgan fingerprint density at radius 2 is 2.15 bits per heavy atom. The molecule has 0 fully saturated rings. The lowest BCUT2D eigenvalue weighted by Gasteiger charge is -2.08. The lowest BCUT2D eigenvalue weighted by molar-refractivity contribution is -0.173. The monoisotopic (exact) mass is 334 g/mol. The van der Waals surface area contributed by atoms with E-state index in [0.29, 0.717) is 11.3 Å². The van der Waals surface area contributed by atoms with Gasteiger partial charge in [0.25, 0.3) is 10.0 Å². The molecule has 0 saturated heterocycles. The number of nitrogens with zero attached hydrogens (tertiary/aromatic N) is 1. The third-order valence-electron chi connectivity index (χ3n) is 1.79. The summed E-state index contributed by atoms with van der Waals surface area (Å²) in [4.78, 5) is 14.1. The van der Waals surface area contributed by atoms with Crippen LogP contribution in [0.25, 0.3) is 0 Å². The van der Waals surface area contributed by atoms with E-state index in [1.54, 1.807) is 0 Å². The molecular formula is C8H9F3N2O5S2. The number of rotatable bonds is 7. The van der Waals surface area contributed by atoms with Gasteiger partial charge in [0.1, 0.15) is 6.61 Å². The molecule has 20 heavy (non-hydrogen) atoms. The summed E-state index contributed by atoms with van der Waals surface area (Å²) in [5.74, 6) is -1.51. The third-order valence-corrected chi connectivity index (χ3v) is 4.62. The molecule has 1 heterocycles. The van der Waals surface area contributed by atoms with Gasteiger partial charge in [-0.05, 0) is 0 Å². The Morgan fingerprint density at radius 3 is 2.70 bits per heavy atom. The third kappa shape index (κ3) is 5.03. The van der Waals surface area contributed by atoms with Crippen molar-refractivity contribution in [1.29, 1.82) is 0 Å². The Bertz CT molecular complexity index is 569. The smallest absolute Gasteiger partial charge is 0.411 e. The highest BCUT2D eigenvalue weighted by Crippen LogP contribution is 2.19. The normalized spacial score (nSPS) is 12.6. The summed E-state index contributed by atoms with van der Waals surface area (Å²) in [6.07, 6.45) is -4.49. The minimum absolute atomic E-state index is 0.421. The number of halogens is 3. The van der Waals surface area contributed by atoms with Crippen molar-refractivity contribution in [3.63, 3.8) is 0 Å². The van der Waals surface area contributed by atoms with Crippen molar-refractivity contribution < 1.29 is 36.2 Å². The number of aromatic nitrogens is 1. The Hall–Kier alpha value is -1.24. The van der Waals surface area contributed by atoms with E-state index in [1.165, 1.54) is 0 Å². The van der Waals surface area contributed by atoms with Gasteiger partial charge < -0.3 is 9.84 Å². The molecule has 0 amide bonds. The summed E-state index contributed by atoms with van der Waals surface area (Å²) in [5.41, 5.74) is 0.400. The van der Waals surface area contributed by atoms with E-state index in [1.807, 2.05) is 4.72 Å². The summed E-state index contributed by atoms with van der Waals surface area (Å²) in [7, 11) is -4.14. The molecule has 12 heteroatoms. The predicted octanol–water partition coefficient (Wildman–Crippen LogP) is 0.699. The minimum Gasteiger partial charge on any atom is -0.476 e. The summed E-state index contributed by atoms with van der Waals surface area (Å²) in [6.45, 7) is -2.41. The van der Waals surface area contributed by atoms with Crippen LogP contribution in [0.1, 0.15) is 10.5 Å². The van der Waals surface area contributed by atoms with Gasteiger partial charge in [0.2, 0.25) is 0 Å². The van der Waals surface area contributed by atoms with Crippen LogP contribution < -0.4 is 4.72 Å². The fourth-order valence-corrected chi connectivity index (χ4v) is 3.27. The second-order valence-electron chi connectivity index (χ2n) is 3.36. The summed E-state index contributed by atoms with van der Waals surface area (Å²) in [5, 5.41) is 8.72. The van der Waals surface area contributed by atoms with E-state index in [2.05, 4.69) is 9.72 Å². The van der Waals surface area contributed by atoms with Gasteiger partial charge in [-0.3, -0.25) is 0 Å². The topological polar surface area (TPSA) is 106 Å². The van der Waals surface area contributed by atoms with Crippen molar-refractivity contribution in [1.82, 2.24) is 9.71 Å². The molecule has 0 aliphatic carbocycles. The molecular weight excluding hydrogens is 325 g/mol. The van der Waals surface area contributed by atoms with Crippen molar-refractivity contribution >= 4 is 27.3 Å². The van der Waals surface area contributed by atoms with E-state index in [0.717, 1.165) is 5.51 Å². The number of nitrogens with one attached hydrogen (secondary N) is 1. The van der Waals surface area contributed by atoms with Crippen LogP contribution in [0.5, 0.6) is 0 Å². The first-order valence-electron chi connectivity index (χ1n) is 4.94. The Labute approximate surface area is 115 Å². The molecule has 0 radical (unpaired) electrons. The van der Waals surface area contributed by atoms with Crippen LogP contribution >= 0.6 is 11.3 Å². The number of carbonyl (C=O) groups is 1. The molecule has 0 aromatic carbocycles. The highest BCUT2D eigenvalue weighted by atomic mass is 32.2. The number of carboxylic acids is 1. The lowest BCUT2D eigenvalue weighted by atomic mass is 10.5. The summed E-state index contributed by atoms with van der Waals surface area (Å²) < 4.78 is 64.3. The Balaban J connectivity index is 2.54. The number of sulfonamides is 1. The highest BCUT2D eigenvalue weighted by Gasteiger charge is 2.28. The Morgan fingerprint density at radius 1 is 1.50 bits per heavy atom. The molecule has 2 N–H and O–H groups in total. The predicted molar refractivity (Wildman–Crippen MR) is 61.1 cm³/mol. The molecule has 0 spiro atoms. The molecule has 1 aromatic heterocycles. The molecule has 0 bridgehead atoms. The molecule has 114 valence electrons. The summed E-state index contributed by atoms with van der Waals surface area (Å²) in [6, 6.07) is 0. The number of aromatic carboxylic acids is 1. The average molecular weight is 334 g/mol. The van der Waals surface area contributed by atoms with Gasteiger partial charge in [0, 0.05) is 6.54 Å². The van der Waals surface area contributed by atoms with E-state index in [4.69, 9.17) is 5.11 Å². The minimum atomic E-state index is -4.49. The number of thiazole rings is 1. The van der Waals surface area contributed by atoms with Crippen molar-refractivity contribution in [2.24, 2.45) is 0 Å². The Kier molecular flexibility index (Phi) is 5.44. The number of hydrogen-bond donors (Lipinski definition) is 2. The maximum atomic E-state index is 11.7. The van der Waals surface area contributed by atoms with Crippen LogP contribution in [-0.4, -0.2) is 50.4 Å². The van der Waals surface area contributed by atoms with Crippen LogP contribution in [0, 0.1) is 0 Å². The quantitative estimate of drug-likeness (QED) is 0.711. The molecule has 1 rings (SSSR count). The van der Waals surface area contributed by atoms with Crippen molar-refractivity contribution in [2.75, 3.05) is 19.8 Å². The number of alkyl halides is 3. The van der Waals surface area contributed by atoms with E-state index >= 15 is 0 Å². The first-order valence-corrected chi connectivity index (χ1v) is 7.31. The van der Waals surface area contributed by atoms with Gasteiger partial charge in [-0.25, -0.2) is 22.9 Å². The molecule has 0 aliphatic heterocycles. The zero-order valence-corrected chi connectivity index (χ0v) is 11.3. The maximum Gasteiger partial charge on any atom is 0.411 e. The van der Waals surface area contributed by atoms with Crippen molar-refractivity contribution in [3.8, 4) is 0 Å². The largest absolute Gasteiger partial charge is 0.476 e. The first kappa shape index (κ1) is 16.8. The van der Waals surface area contributed by atoms with Crippen LogP contribution in [-0.2, 0) is 14.8 Å². The lowest BCUT2D eigenvalue weighted by Crippen LogP contribution is -2.29. The van der Waals surface area contributed by atoms with Crippen LogP contribution in [0.4, 0.5) is 13.2 Å². The number of ether oxygens (including phenoxy) is 1. The zero-order valence-electron chi connectivity index (χ0n) is 9.68. The van der Waals surface area contributed by atoms with Gasteiger partial charge in [0.15, 0.2) is 9.90 Å². The number of carboxylic acid groups (broad SMARTS) is 1. The zero-order chi connectivity index (χ0) is 15.4. The molecule has 7 nitrogen and oxygen atoms in total. The first-order chi connectivity index (χ1) is 9.13. The number of hydrogen-bond acceptors (Lipinski definition) is 6. The molecule has 0 saturated carbocycles. The standard InChI is InChI=1S/C8H9F3N2O5S2/c9-8(10,11)3-18-2-1-13-20(16,17)7-5(6(14)15)12-4-19-7/h4,13H,1-3H2,(H,14,15). The van der Waals surface area contributed by atoms with E-state index in [9.17, 15) is 26.4 Å². The van der Waals surface area contributed by atoms with Gasteiger partial charge in [-0.15, -0.1) is 11.3 Å². The molecule has 0 unspecified atom stereocenters. The fraction of sp³-hybridized carbons (Fsp3) is 0.500. The van der Waals surface area contributed by atoms with Crippen LogP contribution in [0.2, 0.25) is 0 Å². The average Bonchev–Trinajstić information content (AvgIpc) is 2.76. The van der Waals surface area contributed by atoms with E-state index in [-0.39, 0.29) is 0 Å². The van der Waals surface area contributed by atoms with Crippen LogP contribution in [0.3, 0.4) is 0 Å². The second-order valence-corrected chi connectivity index (χ2v) is 6.18. The highest BCUT2D eigenvalue weighted by molar-refractivity contribution is 7.91. The SMILES string of the molecule is O=C(O)c1ncsc1S(=O)(=O)NCCOCC(F)(F)F. The van der Waals surface area contributed by atoms with Crippen LogP contribution in [0.15, 0.2) is 9.72 Å². The summed E-state index contributed by atoms with van der Waals surface area (Å²) >= 11 is 0.590. The van der Waals surface area contributed by atoms with Gasteiger partial charge >= 0.3 is 12.1 Å². The van der Waals surface area contributed by atoms with Gasteiger partial charge in [-0.2, -0.15) is 13.2 Å². The molecule has 0 aliphatic rings. The van der Waals surface area contributed by atoms with Gasteiger partial charge in [-0.1, -0.05) is 0 Å². The fourth-order valence-electron chi connectivity index (χ4n) is 1.07. The van der Waals surface area contributed by atoms with Crippen molar-refractivity contribution in [3.05, 3.63) is 11.2 Å². The maximum absolute atomic E-state index is 11.7. The molecule has 0 atom stereocenters. The van der Waals surface area contributed by atoms with Crippen molar-refractivity contribution in [2.45, 2.75) is 10.4 Å².